The van der Waals surface area contributed by atoms with Gasteiger partial charge in [-0.15, -0.1) is 0 Å². The molecule has 2 heterocycles. The van der Waals surface area contributed by atoms with Crippen molar-refractivity contribution in [3.8, 4) is 6.07 Å². The highest BCUT2D eigenvalue weighted by Gasteiger charge is 2.43. The van der Waals surface area contributed by atoms with Crippen LogP contribution >= 0.6 is 22.6 Å². The predicted octanol–water partition coefficient (Wildman–Crippen LogP) is 2.66. The number of morpholine rings is 1. The van der Waals surface area contributed by atoms with Crippen molar-refractivity contribution in [3.63, 3.8) is 0 Å². The summed E-state index contributed by atoms with van der Waals surface area (Å²) in [6, 6.07) is 9.81. The molecule has 1 aromatic carbocycles. The molecule has 2 N–H and O–H groups in total. The molecule has 184 valence electrons. The first-order chi connectivity index (χ1) is 16.5. The van der Waals surface area contributed by atoms with Gasteiger partial charge in [-0.05, 0) is 59.5 Å². The molecular weight excluding hydrogens is 545 g/mol. The van der Waals surface area contributed by atoms with E-state index < -0.39 is 11.6 Å². The van der Waals surface area contributed by atoms with Gasteiger partial charge in [0.2, 0.25) is 5.91 Å². The van der Waals surface area contributed by atoms with Crippen LogP contribution in [0.3, 0.4) is 0 Å². The van der Waals surface area contributed by atoms with Crippen LogP contribution in [0.15, 0.2) is 24.3 Å². The zero-order valence-electron chi connectivity index (χ0n) is 19.6. The molecule has 34 heavy (non-hydrogen) atoms. The van der Waals surface area contributed by atoms with Crippen LogP contribution in [0, 0.1) is 14.9 Å². The lowest BCUT2D eigenvalue weighted by atomic mass is 9.94. The highest BCUT2D eigenvalue weighted by molar-refractivity contribution is 14.1. The number of likely N-dealkylation sites (tertiary alicyclic amines) is 1. The molecule has 3 fully saturated rings. The number of halogens is 1. The van der Waals surface area contributed by atoms with Gasteiger partial charge in [0.05, 0.1) is 19.3 Å². The number of ether oxygens (including phenoxy) is 1. The summed E-state index contributed by atoms with van der Waals surface area (Å²) in [5.74, 6) is -0.299. The van der Waals surface area contributed by atoms with Gasteiger partial charge in [0.1, 0.15) is 11.6 Å². The summed E-state index contributed by atoms with van der Waals surface area (Å²) < 4.78 is 6.45. The van der Waals surface area contributed by atoms with Crippen LogP contribution in [0.5, 0.6) is 0 Å². The van der Waals surface area contributed by atoms with E-state index in [4.69, 9.17) is 4.74 Å². The number of carbonyl (C=O) groups is 2. The Morgan fingerprint density at radius 2 is 1.85 bits per heavy atom. The van der Waals surface area contributed by atoms with Gasteiger partial charge in [-0.3, -0.25) is 9.69 Å². The monoisotopic (exact) mass is 579 g/mol. The Kier molecular flexibility index (Phi) is 8.66. The summed E-state index contributed by atoms with van der Waals surface area (Å²) in [4.78, 5) is 30.5. The number of urea groups is 1. The van der Waals surface area contributed by atoms with Gasteiger partial charge in [0.15, 0.2) is 0 Å². The number of benzene rings is 1. The number of hydrogen-bond acceptors (Lipinski definition) is 5. The lowest BCUT2D eigenvalue weighted by molar-refractivity contribution is -0.124. The Labute approximate surface area is 215 Å². The molecule has 1 saturated carbocycles. The maximum absolute atomic E-state index is 13.5. The quantitative estimate of drug-likeness (QED) is 0.506. The standard InChI is InChI=1S/C25H34IN5O3/c26-20-8-6-19(7-9-20)16-22(28-24(33)30-12-14-34-15-13-30)23(32)29-25(17-27)10-11-31(18-25)21-4-2-1-3-5-21/h6-9,21-22H,1-5,10-16,18H2,(H,28,33)(H,29,32). The van der Waals surface area contributed by atoms with Crippen molar-refractivity contribution < 1.29 is 14.3 Å². The average Bonchev–Trinajstić information content (AvgIpc) is 3.30. The van der Waals surface area contributed by atoms with Crippen molar-refractivity contribution in [1.82, 2.24) is 20.4 Å². The second-order valence-corrected chi connectivity index (χ2v) is 10.9. The number of nitrogens with one attached hydrogen (secondary N) is 2. The zero-order valence-corrected chi connectivity index (χ0v) is 21.8. The zero-order chi connectivity index (χ0) is 24.0. The topological polar surface area (TPSA) is 97.7 Å². The fourth-order valence-corrected chi connectivity index (χ4v) is 5.57. The summed E-state index contributed by atoms with van der Waals surface area (Å²) in [5.41, 5.74) is 0.0480. The minimum absolute atomic E-state index is 0.268. The molecule has 0 radical (unpaired) electrons. The summed E-state index contributed by atoms with van der Waals surface area (Å²) in [5, 5.41) is 16.1. The van der Waals surface area contributed by atoms with Crippen LogP contribution in [-0.2, 0) is 16.0 Å². The van der Waals surface area contributed by atoms with Gasteiger partial charge < -0.3 is 20.3 Å². The first-order valence-electron chi connectivity index (χ1n) is 12.3. The lowest BCUT2D eigenvalue weighted by Gasteiger charge is -2.33. The van der Waals surface area contributed by atoms with Crippen molar-refractivity contribution in [2.24, 2.45) is 0 Å². The molecule has 2 saturated heterocycles. The van der Waals surface area contributed by atoms with Crippen LogP contribution in [0.4, 0.5) is 4.79 Å². The maximum Gasteiger partial charge on any atom is 0.318 e. The number of nitriles is 1. The fraction of sp³-hybridized carbons (Fsp3) is 0.640. The largest absolute Gasteiger partial charge is 0.378 e. The Morgan fingerprint density at radius 3 is 2.53 bits per heavy atom. The summed E-state index contributed by atoms with van der Waals surface area (Å²) >= 11 is 2.24. The van der Waals surface area contributed by atoms with Gasteiger partial charge in [-0.25, -0.2) is 4.79 Å². The van der Waals surface area contributed by atoms with E-state index >= 15 is 0 Å². The fourth-order valence-electron chi connectivity index (χ4n) is 5.21. The third kappa shape index (κ3) is 6.40. The molecule has 2 aliphatic heterocycles. The minimum Gasteiger partial charge on any atom is -0.378 e. The molecule has 0 aromatic heterocycles. The first-order valence-corrected chi connectivity index (χ1v) is 13.4. The SMILES string of the molecule is N#CC1(NC(=O)C(Cc2ccc(I)cc2)NC(=O)N2CCOCC2)CCN(C2CCCCC2)C1. The van der Waals surface area contributed by atoms with E-state index in [2.05, 4.69) is 44.2 Å². The minimum atomic E-state index is -0.914. The molecule has 2 unspecified atom stereocenters. The molecule has 0 spiro atoms. The predicted molar refractivity (Wildman–Crippen MR) is 137 cm³/mol. The molecular formula is C25H34IN5O3. The summed E-state index contributed by atoms with van der Waals surface area (Å²) in [6.07, 6.45) is 7.07. The van der Waals surface area contributed by atoms with Gasteiger partial charge in [0, 0.05) is 42.2 Å². The number of rotatable bonds is 6. The van der Waals surface area contributed by atoms with E-state index in [9.17, 15) is 14.9 Å². The van der Waals surface area contributed by atoms with Gasteiger partial charge in [-0.2, -0.15) is 5.26 Å². The van der Waals surface area contributed by atoms with Crippen LogP contribution in [0.25, 0.3) is 0 Å². The van der Waals surface area contributed by atoms with Crippen LogP contribution in [0.1, 0.15) is 44.1 Å². The van der Waals surface area contributed by atoms with Gasteiger partial charge in [-0.1, -0.05) is 31.4 Å². The van der Waals surface area contributed by atoms with E-state index in [1.165, 1.54) is 32.1 Å². The third-order valence-electron chi connectivity index (χ3n) is 7.23. The lowest BCUT2D eigenvalue weighted by Crippen LogP contribution is -2.59. The number of hydrogen-bond donors (Lipinski definition) is 2. The maximum atomic E-state index is 13.5. The normalized spacial score (nSPS) is 24.9. The van der Waals surface area contributed by atoms with E-state index in [1.54, 1.807) is 4.90 Å². The summed E-state index contributed by atoms with van der Waals surface area (Å²) in [7, 11) is 0. The smallest absolute Gasteiger partial charge is 0.318 e. The molecule has 1 aromatic rings. The van der Waals surface area contributed by atoms with E-state index in [0.717, 1.165) is 15.7 Å². The Hall–Kier alpha value is -1.90. The Bertz CT molecular complexity index is 893. The average molecular weight is 579 g/mol. The molecule has 1 aliphatic carbocycles. The Morgan fingerprint density at radius 1 is 1.15 bits per heavy atom. The van der Waals surface area contributed by atoms with Crippen molar-refractivity contribution in [1.29, 1.82) is 5.26 Å². The number of nitrogens with zero attached hydrogens (tertiary/aromatic N) is 3. The highest BCUT2D eigenvalue weighted by atomic mass is 127. The Balaban J connectivity index is 1.45. The van der Waals surface area contributed by atoms with E-state index in [0.29, 0.717) is 51.7 Å². The first kappa shape index (κ1) is 25.2. The van der Waals surface area contributed by atoms with E-state index in [-0.39, 0.29) is 11.9 Å². The second-order valence-electron chi connectivity index (χ2n) is 9.63. The third-order valence-corrected chi connectivity index (χ3v) is 7.95. The van der Waals surface area contributed by atoms with Gasteiger partial charge >= 0.3 is 6.03 Å². The molecule has 4 rings (SSSR count). The van der Waals surface area contributed by atoms with Crippen molar-refractivity contribution in [2.45, 2.75) is 62.6 Å². The summed E-state index contributed by atoms with van der Waals surface area (Å²) in [6.45, 7) is 3.37. The molecule has 3 aliphatic rings. The molecule has 2 atom stereocenters. The van der Waals surface area contributed by atoms with Gasteiger partial charge in [0.25, 0.3) is 0 Å². The molecule has 8 nitrogen and oxygen atoms in total. The molecule has 0 bridgehead atoms. The van der Waals surface area contributed by atoms with Crippen molar-refractivity contribution >= 4 is 34.5 Å². The number of carbonyl (C=O) groups excluding carboxylic acids is 2. The second kappa shape index (κ2) is 11.7. The molecule has 3 amide bonds. The molecule has 9 heteroatoms. The van der Waals surface area contributed by atoms with Crippen LogP contribution < -0.4 is 10.6 Å². The van der Waals surface area contributed by atoms with Crippen LogP contribution in [-0.4, -0.2) is 78.8 Å². The van der Waals surface area contributed by atoms with Crippen molar-refractivity contribution in [3.05, 3.63) is 33.4 Å². The number of amides is 3. The van der Waals surface area contributed by atoms with Crippen LogP contribution in [0.2, 0.25) is 0 Å². The van der Waals surface area contributed by atoms with Crippen molar-refractivity contribution in [2.75, 3.05) is 39.4 Å². The van der Waals surface area contributed by atoms with E-state index in [1.807, 2.05) is 24.3 Å². The highest BCUT2D eigenvalue weighted by Crippen LogP contribution is 2.29.